The number of methoxy groups -OCH3 is 1. The predicted molar refractivity (Wildman–Crippen MR) is 101 cm³/mol. The normalized spacial score (nSPS) is 10.9. The van der Waals surface area contributed by atoms with Gasteiger partial charge in [0.15, 0.2) is 5.16 Å². The molecular formula is C18H18ClN3OS. The number of thioether (sulfide) groups is 1. The smallest absolute Gasteiger partial charge is 0.190 e. The fourth-order valence-electron chi connectivity index (χ4n) is 2.28. The van der Waals surface area contributed by atoms with Crippen LogP contribution in [0.2, 0.25) is 5.02 Å². The van der Waals surface area contributed by atoms with Crippen LogP contribution >= 0.6 is 23.4 Å². The maximum Gasteiger partial charge on any atom is 0.190 e. The summed E-state index contributed by atoms with van der Waals surface area (Å²) in [7, 11) is 1.69. The number of rotatable bonds is 7. The molecule has 1 heterocycles. The molecule has 0 bridgehead atoms. The number of anilines is 1. The first-order chi connectivity index (χ1) is 11.8. The highest BCUT2D eigenvalue weighted by molar-refractivity contribution is 7.98. The first-order valence-electron chi connectivity index (χ1n) is 7.63. The fourth-order valence-corrected chi connectivity index (χ4v) is 3.42. The SMILES string of the molecule is COCCNc1nc(SCc2ccccc2Cl)nc2ccccc12. The Bertz CT molecular complexity index is 828. The first-order valence-corrected chi connectivity index (χ1v) is 9.00. The lowest BCUT2D eigenvalue weighted by Gasteiger charge is -2.10. The van der Waals surface area contributed by atoms with Crippen LogP contribution in [0.1, 0.15) is 5.56 Å². The van der Waals surface area contributed by atoms with Crippen LogP contribution in [0.15, 0.2) is 53.7 Å². The number of fused-ring (bicyclic) bond motifs is 1. The van der Waals surface area contributed by atoms with Crippen LogP contribution in [0.5, 0.6) is 0 Å². The molecule has 1 N–H and O–H groups in total. The molecule has 0 radical (unpaired) electrons. The molecule has 6 heteroatoms. The number of hydrogen-bond donors (Lipinski definition) is 1. The van der Waals surface area contributed by atoms with Crippen LogP contribution in [0.3, 0.4) is 0 Å². The van der Waals surface area contributed by atoms with Gasteiger partial charge >= 0.3 is 0 Å². The van der Waals surface area contributed by atoms with Gasteiger partial charge in [-0.05, 0) is 23.8 Å². The standard InChI is InChI=1S/C18H18ClN3OS/c1-23-11-10-20-17-14-7-3-5-9-16(14)21-18(22-17)24-12-13-6-2-4-8-15(13)19/h2-9H,10-12H2,1H3,(H,20,21,22). The van der Waals surface area contributed by atoms with Crippen molar-refractivity contribution in [2.75, 3.05) is 25.6 Å². The average Bonchev–Trinajstić information content (AvgIpc) is 2.61. The fraction of sp³-hybridized carbons (Fsp3) is 0.222. The van der Waals surface area contributed by atoms with Crippen molar-refractivity contribution in [3.8, 4) is 0 Å². The Morgan fingerprint density at radius 1 is 1.08 bits per heavy atom. The molecule has 0 fully saturated rings. The van der Waals surface area contributed by atoms with Crippen molar-refractivity contribution in [2.45, 2.75) is 10.9 Å². The molecule has 0 amide bonds. The van der Waals surface area contributed by atoms with E-state index in [4.69, 9.17) is 16.3 Å². The quantitative estimate of drug-likeness (QED) is 0.378. The molecule has 1 aromatic heterocycles. The van der Waals surface area contributed by atoms with E-state index < -0.39 is 0 Å². The van der Waals surface area contributed by atoms with Crippen molar-refractivity contribution in [2.24, 2.45) is 0 Å². The highest BCUT2D eigenvalue weighted by Gasteiger charge is 2.09. The zero-order chi connectivity index (χ0) is 16.8. The number of benzene rings is 2. The summed E-state index contributed by atoms with van der Waals surface area (Å²) in [5, 5.41) is 5.83. The topological polar surface area (TPSA) is 47.0 Å². The number of halogens is 1. The molecule has 124 valence electrons. The second-order valence-corrected chi connectivity index (χ2v) is 6.52. The third kappa shape index (κ3) is 4.17. The van der Waals surface area contributed by atoms with Gasteiger partial charge in [0, 0.05) is 29.8 Å². The molecule has 24 heavy (non-hydrogen) atoms. The van der Waals surface area contributed by atoms with E-state index in [1.165, 1.54) is 0 Å². The Morgan fingerprint density at radius 2 is 1.88 bits per heavy atom. The lowest BCUT2D eigenvalue weighted by molar-refractivity contribution is 0.210. The number of aromatic nitrogens is 2. The summed E-state index contributed by atoms with van der Waals surface area (Å²) in [6, 6.07) is 15.8. The molecule has 2 aromatic carbocycles. The monoisotopic (exact) mass is 359 g/mol. The summed E-state index contributed by atoms with van der Waals surface area (Å²) in [6.45, 7) is 1.33. The molecule has 0 atom stereocenters. The molecule has 0 aliphatic rings. The van der Waals surface area contributed by atoms with E-state index >= 15 is 0 Å². The van der Waals surface area contributed by atoms with E-state index in [9.17, 15) is 0 Å². The third-order valence-electron chi connectivity index (χ3n) is 3.50. The zero-order valence-electron chi connectivity index (χ0n) is 13.3. The molecule has 0 saturated heterocycles. The molecule has 0 saturated carbocycles. The summed E-state index contributed by atoms with van der Waals surface area (Å²) in [4.78, 5) is 9.31. The summed E-state index contributed by atoms with van der Waals surface area (Å²) < 4.78 is 5.10. The lowest BCUT2D eigenvalue weighted by Crippen LogP contribution is -2.10. The Hall–Kier alpha value is -1.82. The van der Waals surface area contributed by atoms with Gasteiger partial charge in [0.1, 0.15) is 5.82 Å². The van der Waals surface area contributed by atoms with E-state index in [0.29, 0.717) is 13.2 Å². The summed E-state index contributed by atoms with van der Waals surface area (Å²) in [5.74, 6) is 1.56. The number of ether oxygens (including phenoxy) is 1. The van der Waals surface area contributed by atoms with Gasteiger partial charge in [0.25, 0.3) is 0 Å². The van der Waals surface area contributed by atoms with Gasteiger partial charge in [-0.15, -0.1) is 0 Å². The molecule has 3 aromatic rings. The number of nitrogens with one attached hydrogen (secondary N) is 1. The third-order valence-corrected chi connectivity index (χ3v) is 4.76. The van der Waals surface area contributed by atoms with E-state index in [2.05, 4.69) is 15.3 Å². The number of para-hydroxylation sites is 1. The Labute approximate surface area is 150 Å². The zero-order valence-corrected chi connectivity index (χ0v) is 14.9. The van der Waals surface area contributed by atoms with Crippen LogP contribution in [-0.4, -0.2) is 30.2 Å². The molecule has 0 unspecified atom stereocenters. The summed E-state index contributed by atoms with van der Waals surface area (Å²) in [5.41, 5.74) is 2.00. The maximum atomic E-state index is 6.22. The van der Waals surface area contributed by atoms with Crippen molar-refractivity contribution >= 4 is 40.1 Å². The average molecular weight is 360 g/mol. The largest absolute Gasteiger partial charge is 0.383 e. The minimum atomic E-state index is 0.625. The van der Waals surface area contributed by atoms with Gasteiger partial charge in [-0.2, -0.15) is 0 Å². The Kier molecular flexibility index (Phi) is 5.91. The summed E-state index contributed by atoms with van der Waals surface area (Å²) in [6.07, 6.45) is 0. The van der Waals surface area contributed by atoms with E-state index in [0.717, 1.165) is 38.2 Å². The van der Waals surface area contributed by atoms with Crippen molar-refractivity contribution in [3.05, 3.63) is 59.1 Å². The van der Waals surface area contributed by atoms with Crippen molar-refractivity contribution < 1.29 is 4.74 Å². The van der Waals surface area contributed by atoms with Crippen LogP contribution in [0, 0.1) is 0 Å². The van der Waals surface area contributed by atoms with Gasteiger partial charge < -0.3 is 10.1 Å². The first kappa shape index (κ1) is 17.0. The highest BCUT2D eigenvalue weighted by atomic mass is 35.5. The minimum Gasteiger partial charge on any atom is -0.383 e. The molecule has 4 nitrogen and oxygen atoms in total. The van der Waals surface area contributed by atoms with Crippen LogP contribution < -0.4 is 5.32 Å². The van der Waals surface area contributed by atoms with Crippen molar-refractivity contribution in [1.82, 2.24) is 9.97 Å². The Morgan fingerprint density at radius 3 is 2.71 bits per heavy atom. The van der Waals surface area contributed by atoms with E-state index in [-0.39, 0.29) is 0 Å². The van der Waals surface area contributed by atoms with Gasteiger partial charge in [-0.3, -0.25) is 0 Å². The molecule has 0 spiro atoms. The molecular weight excluding hydrogens is 342 g/mol. The Balaban J connectivity index is 1.83. The second-order valence-electron chi connectivity index (χ2n) is 5.17. The van der Waals surface area contributed by atoms with Gasteiger partial charge in [0.05, 0.1) is 12.1 Å². The van der Waals surface area contributed by atoms with Gasteiger partial charge in [-0.25, -0.2) is 9.97 Å². The highest BCUT2D eigenvalue weighted by Crippen LogP contribution is 2.28. The van der Waals surface area contributed by atoms with Crippen LogP contribution in [-0.2, 0) is 10.5 Å². The maximum absolute atomic E-state index is 6.22. The van der Waals surface area contributed by atoms with E-state index in [1.54, 1.807) is 18.9 Å². The van der Waals surface area contributed by atoms with Crippen molar-refractivity contribution in [3.63, 3.8) is 0 Å². The lowest BCUT2D eigenvalue weighted by atomic mass is 10.2. The number of nitrogens with zero attached hydrogens (tertiary/aromatic N) is 2. The minimum absolute atomic E-state index is 0.625. The van der Waals surface area contributed by atoms with Gasteiger partial charge in [-0.1, -0.05) is 53.7 Å². The summed E-state index contributed by atoms with van der Waals surface area (Å²) >= 11 is 7.80. The van der Waals surface area contributed by atoms with Crippen molar-refractivity contribution in [1.29, 1.82) is 0 Å². The van der Waals surface area contributed by atoms with Crippen LogP contribution in [0.25, 0.3) is 10.9 Å². The second kappa shape index (κ2) is 8.33. The molecule has 0 aliphatic heterocycles. The molecule has 0 aliphatic carbocycles. The predicted octanol–water partition coefficient (Wildman–Crippen LogP) is 4.63. The van der Waals surface area contributed by atoms with E-state index in [1.807, 2.05) is 48.5 Å². The van der Waals surface area contributed by atoms with Crippen LogP contribution in [0.4, 0.5) is 5.82 Å². The molecule has 3 rings (SSSR count). The van der Waals surface area contributed by atoms with Gasteiger partial charge in [0.2, 0.25) is 0 Å². The number of hydrogen-bond acceptors (Lipinski definition) is 5.